The first kappa shape index (κ1) is 22.5. The van der Waals surface area contributed by atoms with Gasteiger partial charge in [0.2, 0.25) is 0 Å². The summed E-state index contributed by atoms with van der Waals surface area (Å²) in [6.07, 6.45) is 0. The van der Waals surface area contributed by atoms with Crippen molar-refractivity contribution in [2.75, 3.05) is 4.90 Å². The average molecular weight is 504 g/mol. The van der Waals surface area contributed by atoms with Crippen LogP contribution >= 0.6 is 11.3 Å². The number of thiophene rings is 1. The van der Waals surface area contributed by atoms with E-state index >= 15 is 0 Å². The maximum atomic E-state index is 2.34. The van der Waals surface area contributed by atoms with Crippen molar-refractivity contribution in [2.45, 2.75) is 0 Å². The van der Waals surface area contributed by atoms with Crippen LogP contribution in [0.5, 0.6) is 0 Å². The molecule has 0 atom stereocenters. The van der Waals surface area contributed by atoms with Gasteiger partial charge >= 0.3 is 0 Å². The van der Waals surface area contributed by atoms with Gasteiger partial charge < -0.3 is 4.90 Å². The minimum atomic E-state index is 1.13. The van der Waals surface area contributed by atoms with Crippen LogP contribution in [0.15, 0.2) is 152 Å². The van der Waals surface area contributed by atoms with E-state index in [1.807, 2.05) is 11.3 Å². The van der Waals surface area contributed by atoms with Crippen LogP contribution in [0, 0.1) is 0 Å². The summed E-state index contributed by atoms with van der Waals surface area (Å²) < 4.78 is 2.66. The molecule has 0 fully saturated rings. The quantitative estimate of drug-likeness (QED) is 0.226. The summed E-state index contributed by atoms with van der Waals surface area (Å²) in [6, 6.07) is 54.4. The van der Waals surface area contributed by atoms with Gasteiger partial charge in [0, 0.05) is 37.2 Å². The van der Waals surface area contributed by atoms with E-state index in [9.17, 15) is 0 Å². The third kappa shape index (κ3) is 4.15. The van der Waals surface area contributed by atoms with Crippen molar-refractivity contribution >= 4 is 48.6 Å². The van der Waals surface area contributed by atoms with Crippen molar-refractivity contribution in [3.05, 3.63) is 152 Å². The van der Waals surface area contributed by atoms with Gasteiger partial charge in [-0.25, -0.2) is 0 Å². The lowest BCUT2D eigenvalue weighted by atomic mass is 10.0. The molecule has 2 heteroatoms. The Morgan fingerprint density at radius 1 is 0.342 bits per heavy atom. The molecule has 0 aliphatic rings. The Balaban J connectivity index is 1.35. The molecule has 0 unspecified atom stereocenters. The first-order valence-electron chi connectivity index (χ1n) is 12.9. The van der Waals surface area contributed by atoms with Crippen molar-refractivity contribution in [2.24, 2.45) is 0 Å². The van der Waals surface area contributed by atoms with E-state index in [1.54, 1.807) is 0 Å². The average Bonchev–Trinajstić information content (AvgIpc) is 3.37. The number of hydrogen-bond acceptors (Lipinski definition) is 2. The summed E-state index contributed by atoms with van der Waals surface area (Å²) in [4.78, 5) is 2.34. The molecule has 7 rings (SSSR count). The molecule has 0 spiro atoms. The monoisotopic (exact) mass is 503 g/mol. The Morgan fingerprint density at radius 2 is 0.868 bits per heavy atom. The lowest BCUT2D eigenvalue weighted by molar-refractivity contribution is 1.28. The predicted molar refractivity (Wildman–Crippen MR) is 165 cm³/mol. The molecule has 0 aliphatic carbocycles. The van der Waals surface area contributed by atoms with Gasteiger partial charge in [-0.15, -0.1) is 11.3 Å². The molecule has 0 N–H and O–H groups in total. The highest BCUT2D eigenvalue weighted by atomic mass is 32.1. The summed E-state index contributed by atoms with van der Waals surface area (Å²) in [6.45, 7) is 0. The van der Waals surface area contributed by atoms with E-state index in [0.717, 1.165) is 17.1 Å². The summed E-state index contributed by atoms with van der Waals surface area (Å²) in [5, 5.41) is 2.65. The third-order valence-corrected chi connectivity index (χ3v) is 8.19. The first-order chi connectivity index (χ1) is 18.8. The Labute approximate surface area is 226 Å². The van der Waals surface area contributed by atoms with Crippen LogP contribution in [-0.2, 0) is 0 Å². The molecular weight excluding hydrogens is 478 g/mol. The Morgan fingerprint density at radius 3 is 1.61 bits per heavy atom. The minimum absolute atomic E-state index is 1.13. The molecule has 0 saturated carbocycles. The maximum absolute atomic E-state index is 2.34. The van der Waals surface area contributed by atoms with E-state index in [-0.39, 0.29) is 0 Å². The van der Waals surface area contributed by atoms with Crippen LogP contribution in [0.3, 0.4) is 0 Å². The van der Waals surface area contributed by atoms with E-state index in [0.29, 0.717) is 0 Å². The molecule has 0 aliphatic heterocycles. The maximum Gasteiger partial charge on any atom is 0.0467 e. The number of nitrogens with zero attached hydrogens (tertiary/aromatic N) is 1. The van der Waals surface area contributed by atoms with Gasteiger partial charge in [0.1, 0.15) is 0 Å². The normalized spacial score (nSPS) is 11.2. The van der Waals surface area contributed by atoms with Crippen molar-refractivity contribution in [1.29, 1.82) is 0 Å². The number of para-hydroxylation sites is 1. The Kier molecular flexibility index (Phi) is 5.73. The summed E-state index contributed by atoms with van der Waals surface area (Å²) in [5.41, 5.74) is 8.26. The van der Waals surface area contributed by atoms with E-state index in [2.05, 4.69) is 157 Å². The highest BCUT2D eigenvalue weighted by Crippen LogP contribution is 2.40. The first-order valence-corrected chi connectivity index (χ1v) is 13.7. The van der Waals surface area contributed by atoms with Gasteiger partial charge in [-0.1, -0.05) is 97.1 Å². The lowest BCUT2D eigenvalue weighted by Crippen LogP contribution is -2.10. The molecule has 7 aromatic rings. The zero-order valence-electron chi connectivity index (χ0n) is 20.8. The molecular formula is C36H25NS. The topological polar surface area (TPSA) is 3.24 Å². The minimum Gasteiger partial charge on any atom is -0.310 e. The van der Waals surface area contributed by atoms with Crippen molar-refractivity contribution in [3.8, 4) is 22.3 Å². The van der Waals surface area contributed by atoms with Gasteiger partial charge in [-0.3, -0.25) is 0 Å². The Bertz CT molecular complexity index is 1870. The fourth-order valence-corrected chi connectivity index (χ4v) is 6.30. The molecule has 0 radical (unpaired) electrons. The lowest BCUT2D eigenvalue weighted by Gasteiger charge is -2.26. The second kappa shape index (κ2) is 9.66. The smallest absolute Gasteiger partial charge is 0.0467 e. The van der Waals surface area contributed by atoms with E-state index in [4.69, 9.17) is 0 Å². The van der Waals surface area contributed by atoms with Gasteiger partial charge in [-0.05, 0) is 76.9 Å². The standard InChI is InChI=1S/C36H25NS/c1-3-11-26(12-4-1)27-13-9-17-31(23-27)37(30-15-5-2-6-16-30)32-18-10-14-28(24-32)29-21-22-36-34(25-29)33-19-7-8-20-35(33)38-36/h1-25H. The summed E-state index contributed by atoms with van der Waals surface area (Å²) in [7, 11) is 0. The van der Waals surface area contributed by atoms with Crippen LogP contribution in [0.25, 0.3) is 42.4 Å². The highest BCUT2D eigenvalue weighted by Gasteiger charge is 2.14. The highest BCUT2D eigenvalue weighted by molar-refractivity contribution is 7.25. The molecule has 1 nitrogen and oxygen atoms in total. The molecule has 0 bridgehead atoms. The van der Waals surface area contributed by atoms with Crippen molar-refractivity contribution in [3.63, 3.8) is 0 Å². The molecule has 6 aromatic carbocycles. The molecule has 0 saturated heterocycles. The number of hydrogen-bond donors (Lipinski definition) is 0. The number of fused-ring (bicyclic) bond motifs is 3. The van der Waals surface area contributed by atoms with E-state index in [1.165, 1.54) is 42.4 Å². The number of benzene rings is 6. The summed E-state index contributed by atoms with van der Waals surface area (Å²) >= 11 is 1.86. The second-order valence-electron chi connectivity index (χ2n) is 9.45. The molecule has 180 valence electrons. The SMILES string of the molecule is c1ccc(-c2cccc(N(c3ccccc3)c3cccc(-c4ccc5sc6ccccc6c5c4)c3)c2)cc1. The fourth-order valence-electron chi connectivity index (χ4n) is 5.21. The zero-order valence-corrected chi connectivity index (χ0v) is 21.6. The van der Waals surface area contributed by atoms with Crippen LogP contribution in [0.4, 0.5) is 17.1 Å². The molecule has 38 heavy (non-hydrogen) atoms. The van der Waals surface area contributed by atoms with Gasteiger partial charge in [-0.2, -0.15) is 0 Å². The van der Waals surface area contributed by atoms with Crippen LogP contribution in [0.2, 0.25) is 0 Å². The Hall–Kier alpha value is -4.66. The van der Waals surface area contributed by atoms with Crippen LogP contribution < -0.4 is 4.90 Å². The largest absolute Gasteiger partial charge is 0.310 e. The van der Waals surface area contributed by atoms with E-state index < -0.39 is 0 Å². The molecule has 1 aromatic heterocycles. The molecule has 1 heterocycles. The van der Waals surface area contributed by atoms with Crippen molar-refractivity contribution < 1.29 is 0 Å². The van der Waals surface area contributed by atoms with Gasteiger partial charge in [0.25, 0.3) is 0 Å². The van der Waals surface area contributed by atoms with Crippen LogP contribution in [0.1, 0.15) is 0 Å². The van der Waals surface area contributed by atoms with Gasteiger partial charge in [0.15, 0.2) is 0 Å². The summed E-state index contributed by atoms with van der Waals surface area (Å²) in [5.74, 6) is 0. The van der Waals surface area contributed by atoms with Crippen molar-refractivity contribution in [1.82, 2.24) is 0 Å². The fraction of sp³-hybridized carbons (Fsp3) is 0. The third-order valence-electron chi connectivity index (χ3n) is 7.04. The predicted octanol–water partition coefficient (Wildman–Crippen LogP) is 10.9. The zero-order chi connectivity index (χ0) is 25.3. The van der Waals surface area contributed by atoms with Gasteiger partial charge in [0.05, 0.1) is 0 Å². The van der Waals surface area contributed by atoms with Crippen LogP contribution in [-0.4, -0.2) is 0 Å². The second-order valence-corrected chi connectivity index (χ2v) is 10.5. The molecule has 0 amide bonds. The number of rotatable bonds is 5. The number of anilines is 3.